The molecule has 1 rings (SSSR count). The van der Waals surface area contributed by atoms with Crippen molar-refractivity contribution in [3.05, 3.63) is 33.2 Å². The highest BCUT2D eigenvalue weighted by Crippen LogP contribution is 2.01. The highest BCUT2D eigenvalue weighted by atomic mass is 79.9. The molecule has 0 spiro atoms. The van der Waals surface area contributed by atoms with Crippen molar-refractivity contribution in [2.75, 3.05) is 13.1 Å². The fraction of sp³-hybridized carbons (Fsp3) is 0.545. The first-order valence-corrected chi connectivity index (χ1v) is 6.10. The van der Waals surface area contributed by atoms with Crippen molar-refractivity contribution >= 4 is 15.9 Å². The molecular formula is C11H17BrN2O. The van der Waals surface area contributed by atoms with Gasteiger partial charge in [-0.05, 0) is 54.0 Å². The van der Waals surface area contributed by atoms with Crippen molar-refractivity contribution in [1.82, 2.24) is 9.88 Å². The summed E-state index contributed by atoms with van der Waals surface area (Å²) in [5.41, 5.74) is 0.0564. The van der Waals surface area contributed by atoms with Gasteiger partial charge in [-0.3, -0.25) is 4.79 Å². The summed E-state index contributed by atoms with van der Waals surface area (Å²) >= 11 is 3.23. The van der Waals surface area contributed by atoms with Crippen LogP contribution in [0.15, 0.2) is 27.6 Å². The molecule has 1 aromatic rings. The van der Waals surface area contributed by atoms with Crippen LogP contribution in [-0.2, 0) is 6.54 Å². The van der Waals surface area contributed by atoms with Gasteiger partial charge in [0.1, 0.15) is 0 Å². The maximum Gasteiger partial charge on any atom is 0.264 e. The number of aryl methyl sites for hydroxylation is 1. The lowest BCUT2D eigenvalue weighted by Gasteiger charge is -2.05. The first kappa shape index (κ1) is 12.5. The van der Waals surface area contributed by atoms with Gasteiger partial charge in [-0.1, -0.05) is 6.92 Å². The molecule has 0 aliphatic heterocycles. The third-order valence-corrected chi connectivity index (χ3v) is 2.83. The molecule has 0 amide bonds. The Hall–Kier alpha value is -0.610. The molecule has 1 aromatic heterocycles. The summed E-state index contributed by atoms with van der Waals surface area (Å²) in [6.07, 6.45) is 3.97. The topological polar surface area (TPSA) is 34.0 Å². The number of nitrogens with zero attached hydrogens (tertiary/aromatic N) is 1. The van der Waals surface area contributed by atoms with Gasteiger partial charge in [0.25, 0.3) is 5.56 Å². The number of nitrogens with one attached hydrogen (secondary N) is 1. The number of unbranched alkanes of at least 4 members (excludes halogenated alkanes) is 1. The van der Waals surface area contributed by atoms with Crippen molar-refractivity contribution in [2.45, 2.75) is 26.3 Å². The second-order valence-corrected chi connectivity index (χ2v) is 4.27. The predicted octanol–water partition coefficient (Wildman–Crippen LogP) is 2.00. The van der Waals surface area contributed by atoms with Crippen LogP contribution in [0.2, 0.25) is 0 Å². The SMILES string of the molecule is CCNCCCCn1cccc(Br)c1=O. The quantitative estimate of drug-likeness (QED) is 0.804. The minimum Gasteiger partial charge on any atom is -0.317 e. The number of pyridine rings is 1. The van der Waals surface area contributed by atoms with Gasteiger partial charge in [0.05, 0.1) is 4.47 Å². The van der Waals surface area contributed by atoms with Crippen molar-refractivity contribution in [3.8, 4) is 0 Å². The zero-order chi connectivity index (χ0) is 11.1. The minimum atomic E-state index is 0.0564. The first-order chi connectivity index (χ1) is 7.25. The lowest BCUT2D eigenvalue weighted by Crippen LogP contribution is -2.20. The maximum atomic E-state index is 11.6. The molecule has 0 saturated heterocycles. The van der Waals surface area contributed by atoms with Crippen molar-refractivity contribution in [3.63, 3.8) is 0 Å². The summed E-state index contributed by atoms with van der Waals surface area (Å²) in [7, 11) is 0. The average molecular weight is 273 g/mol. The molecule has 0 fully saturated rings. The lowest BCUT2D eigenvalue weighted by molar-refractivity contribution is 0.565. The van der Waals surface area contributed by atoms with Crippen LogP contribution in [-0.4, -0.2) is 17.7 Å². The Bertz CT molecular complexity index is 349. The van der Waals surface area contributed by atoms with E-state index in [-0.39, 0.29) is 5.56 Å². The van der Waals surface area contributed by atoms with Crippen LogP contribution in [0.5, 0.6) is 0 Å². The van der Waals surface area contributed by atoms with Gasteiger partial charge >= 0.3 is 0 Å². The molecule has 0 atom stereocenters. The lowest BCUT2D eigenvalue weighted by atomic mass is 10.3. The van der Waals surface area contributed by atoms with Gasteiger partial charge < -0.3 is 9.88 Å². The fourth-order valence-corrected chi connectivity index (χ4v) is 1.77. The molecule has 0 aromatic carbocycles. The Morgan fingerprint density at radius 1 is 1.47 bits per heavy atom. The van der Waals surface area contributed by atoms with Gasteiger partial charge in [0.2, 0.25) is 0 Å². The van der Waals surface area contributed by atoms with E-state index < -0.39 is 0 Å². The normalized spacial score (nSPS) is 10.5. The van der Waals surface area contributed by atoms with Gasteiger partial charge in [-0.25, -0.2) is 0 Å². The van der Waals surface area contributed by atoms with E-state index in [1.54, 1.807) is 10.6 Å². The Morgan fingerprint density at radius 3 is 3.00 bits per heavy atom. The van der Waals surface area contributed by atoms with Crippen LogP contribution in [0.25, 0.3) is 0 Å². The summed E-state index contributed by atoms with van der Waals surface area (Å²) in [6.45, 7) is 4.93. The standard InChI is InChI=1S/C11H17BrN2O/c1-2-13-7-3-4-8-14-9-5-6-10(12)11(14)15/h5-6,9,13H,2-4,7-8H2,1H3. The summed E-state index contributed by atoms with van der Waals surface area (Å²) < 4.78 is 2.38. The van der Waals surface area contributed by atoms with Crippen LogP contribution >= 0.6 is 15.9 Å². The van der Waals surface area contributed by atoms with E-state index in [4.69, 9.17) is 0 Å². The predicted molar refractivity (Wildman–Crippen MR) is 66.2 cm³/mol. The minimum absolute atomic E-state index is 0.0564. The van der Waals surface area contributed by atoms with Crippen LogP contribution in [0, 0.1) is 0 Å². The monoisotopic (exact) mass is 272 g/mol. The molecule has 0 radical (unpaired) electrons. The highest BCUT2D eigenvalue weighted by molar-refractivity contribution is 9.10. The Morgan fingerprint density at radius 2 is 2.27 bits per heavy atom. The molecular weight excluding hydrogens is 256 g/mol. The first-order valence-electron chi connectivity index (χ1n) is 5.31. The molecule has 0 aliphatic carbocycles. The smallest absolute Gasteiger partial charge is 0.264 e. The second-order valence-electron chi connectivity index (χ2n) is 3.42. The van der Waals surface area contributed by atoms with Crippen molar-refractivity contribution in [1.29, 1.82) is 0 Å². The fourth-order valence-electron chi connectivity index (χ4n) is 1.39. The van der Waals surface area contributed by atoms with Crippen molar-refractivity contribution in [2.24, 2.45) is 0 Å². The molecule has 4 heteroatoms. The van der Waals surface area contributed by atoms with Crippen LogP contribution < -0.4 is 10.9 Å². The Labute approximate surface area is 98.6 Å². The summed E-state index contributed by atoms with van der Waals surface area (Å²) in [5, 5.41) is 3.26. The molecule has 0 saturated carbocycles. The third-order valence-electron chi connectivity index (χ3n) is 2.23. The van der Waals surface area contributed by atoms with E-state index in [1.807, 2.05) is 12.3 Å². The summed E-state index contributed by atoms with van der Waals surface area (Å²) in [6, 6.07) is 3.66. The second kappa shape index (κ2) is 6.80. The molecule has 0 bridgehead atoms. The summed E-state index contributed by atoms with van der Waals surface area (Å²) in [4.78, 5) is 11.6. The van der Waals surface area contributed by atoms with Gasteiger partial charge in [-0.2, -0.15) is 0 Å². The van der Waals surface area contributed by atoms with Crippen molar-refractivity contribution < 1.29 is 0 Å². The number of rotatable bonds is 6. The largest absolute Gasteiger partial charge is 0.317 e. The molecule has 0 aliphatic rings. The van der Waals surface area contributed by atoms with Gasteiger partial charge in [-0.15, -0.1) is 0 Å². The average Bonchev–Trinajstić information content (AvgIpc) is 2.24. The number of aromatic nitrogens is 1. The number of halogens is 1. The van der Waals surface area contributed by atoms with Crippen LogP contribution in [0.3, 0.4) is 0 Å². The van der Waals surface area contributed by atoms with E-state index in [2.05, 4.69) is 28.2 Å². The zero-order valence-electron chi connectivity index (χ0n) is 9.00. The molecule has 15 heavy (non-hydrogen) atoms. The molecule has 3 nitrogen and oxygen atoms in total. The van der Waals surface area contributed by atoms with Gasteiger partial charge in [0, 0.05) is 12.7 Å². The van der Waals surface area contributed by atoms with E-state index in [0.29, 0.717) is 4.47 Å². The van der Waals surface area contributed by atoms with Gasteiger partial charge in [0.15, 0.2) is 0 Å². The molecule has 1 N–H and O–H groups in total. The summed E-state index contributed by atoms with van der Waals surface area (Å²) in [5.74, 6) is 0. The van der Waals surface area contributed by atoms with E-state index >= 15 is 0 Å². The highest BCUT2D eigenvalue weighted by Gasteiger charge is 1.98. The Balaban J connectivity index is 2.38. The van der Waals surface area contributed by atoms with Crippen LogP contribution in [0.1, 0.15) is 19.8 Å². The maximum absolute atomic E-state index is 11.6. The van der Waals surface area contributed by atoms with E-state index in [0.717, 1.165) is 32.5 Å². The molecule has 1 heterocycles. The third kappa shape index (κ3) is 4.18. The number of hydrogen-bond acceptors (Lipinski definition) is 2. The van der Waals surface area contributed by atoms with Crippen LogP contribution in [0.4, 0.5) is 0 Å². The van der Waals surface area contributed by atoms with E-state index in [9.17, 15) is 4.79 Å². The molecule has 84 valence electrons. The molecule has 0 unspecified atom stereocenters. The number of hydrogen-bond donors (Lipinski definition) is 1. The Kier molecular flexibility index (Phi) is 5.65. The zero-order valence-corrected chi connectivity index (χ0v) is 10.6. The van der Waals surface area contributed by atoms with E-state index in [1.165, 1.54) is 0 Å².